The van der Waals surface area contributed by atoms with Crippen molar-refractivity contribution in [3.05, 3.63) is 82.9 Å². The zero-order chi connectivity index (χ0) is 23.1. The maximum absolute atomic E-state index is 12.5. The molecule has 3 aromatic rings. The minimum atomic E-state index is -3.81. The molecule has 0 aliphatic rings. The Morgan fingerprint density at radius 3 is 2.03 bits per heavy atom. The number of carbonyl (C=O) groups excluding carboxylic acids is 1. The van der Waals surface area contributed by atoms with E-state index < -0.39 is 20.9 Å². The summed E-state index contributed by atoms with van der Waals surface area (Å²) < 4.78 is 37.8. The van der Waals surface area contributed by atoms with Crippen LogP contribution in [0.5, 0.6) is 11.5 Å². The van der Waals surface area contributed by atoms with Crippen LogP contribution in [-0.4, -0.2) is 33.0 Å². The molecule has 3 rings (SSSR count). The van der Waals surface area contributed by atoms with E-state index in [-0.39, 0.29) is 17.2 Å². The van der Waals surface area contributed by atoms with Gasteiger partial charge in [-0.05, 0) is 60.7 Å². The number of rotatable bonds is 9. The summed E-state index contributed by atoms with van der Waals surface area (Å²) >= 11 is 0. The maximum atomic E-state index is 12.5. The molecular formula is C21H19N3O7S. The summed E-state index contributed by atoms with van der Waals surface area (Å²) in [6, 6.07) is 17.4. The van der Waals surface area contributed by atoms with Crippen molar-refractivity contribution in [3.8, 4) is 11.5 Å². The van der Waals surface area contributed by atoms with Gasteiger partial charge in [0.15, 0.2) is 6.61 Å². The molecule has 0 atom stereocenters. The topological polar surface area (TPSA) is 137 Å². The first-order valence-corrected chi connectivity index (χ1v) is 10.7. The zero-order valence-electron chi connectivity index (χ0n) is 16.8. The Morgan fingerprint density at radius 1 is 0.906 bits per heavy atom. The smallest absolute Gasteiger partial charge is 0.269 e. The quantitative estimate of drug-likeness (QED) is 0.371. The fourth-order valence-corrected chi connectivity index (χ4v) is 3.66. The zero-order valence-corrected chi connectivity index (χ0v) is 17.7. The molecule has 0 saturated heterocycles. The minimum absolute atomic E-state index is 0.0217. The van der Waals surface area contributed by atoms with E-state index in [9.17, 15) is 23.3 Å². The molecule has 0 aliphatic carbocycles. The Morgan fingerprint density at radius 2 is 1.47 bits per heavy atom. The van der Waals surface area contributed by atoms with Crippen LogP contribution in [0.2, 0.25) is 0 Å². The summed E-state index contributed by atoms with van der Waals surface area (Å²) in [4.78, 5) is 22.2. The van der Waals surface area contributed by atoms with Crippen molar-refractivity contribution in [1.82, 2.24) is 0 Å². The van der Waals surface area contributed by atoms with Crippen LogP contribution in [0.3, 0.4) is 0 Å². The van der Waals surface area contributed by atoms with Gasteiger partial charge in [-0.25, -0.2) is 8.42 Å². The molecule has 2 N–H and O–H groups in total. The number of ether oxygens (including phenoxy) is 2. The molecule has 0 heterocycles. The number of sulfonamides is 1. The number of nitrogens with zero attached hydrogens (tertiary/aromatic N) is 1. The van der Waals surface area contributed by atoms with Gasteiger partial charge in [0.25, 0.3) is 21.6 Å². The molecule has 0 unspecified atom stereocenters. The van der Waals surface area contributed by atoms with E-state index in [0.717, 1.165) is 0 Å². The summed E-state index contributed by atoms with van der Waals surface area (Å²) in [6.45, 7) is -0.323. The summed E-state index contributed by atoms with van der Waals surface area (Å²) in [6.07, 6.45) is 0. The number of carbonyl (C=O) groups is 1. The van der Waals surface area contributed by atoms with E-state index in [0.29, 0.717) is 22.9 Å². The second-order valence-corrected chi connectivity index (χ2v) is 8.13. The van der Waals surface area contributed by atoms with Gasteiger partial charge in [0.05, 0.1) is 16.9 Å². The normalized spacial score (nSPS) is 10.8. The van der Waals surface area contributed by atoms with E-state index >= 15 is 0 Å². The molecule has 0 aliphatic heterocycles. The van der Waals surface area contributed by atoms with Gasteiger partial charge in [-0.3, -0.25) is 19.6 Å². The van der Waals surface area contributed by atoms with Gasteiger partial charge < -0.3 is 14.8 Å². The maximum Gasteiger partial charge on any atom is 0.269 e. The molecule has 0 bridgehead atoms. The molecule has 10 nitrogen and oxygen atoms in total. The van der Waals surface area contributed by atoms with Crippen molar-refractivity contribution in [1.29, 1.82) is 0 Å². The number of anilines is 2. The molecule has 1 amide bonds. The molecular weight excluding hydrogens is 438 g/mol. The monoisotopic (exact) mass is 457 g/mol. The van der Waals surface area contributed by atoms with Crippen molar-refractivity contribution in [3.63, 3.8) is 0 Å². The Bertz CT molecular complexity index is 1190. The number of nitro benzene ring substituents is 1. The molecule has 0 radical (unpaired) electrons. The lowest BCUT2D eigenvalue weighted by molar-refractivity contribution is -0.384. The van der Waals surface area contributed by atoms with Crippen molar-refractivity contribution >= 4 is 33.0 Å². The van der Waals surface area contributed by atoms with Crippen molar-refractivity contribution in [2.75, 3.05) is 23.8 Å². The average Bonchev–Trinajstić information content (AvgIpc) is 2.78. The van der Waals surface area contributed by atoms with Gasteiger partial charge in [-0.1, -0.05) is 0 Å². The third kappa shape index (κ3) is 5.95. The number of benzene rings is 3. The van der Waals surface area contributed by atoms with Crippen LogP contribution in [0.25, 0.3) is 0 Å². The van der Waals surface area contributed by atoms with Crippen molar-refractivity contribution in [2.24, 2.45) is 0 Å². The van der Waals surface area contributed by atoms with Gasteiger partial charge >= 0.3 is 0 Å². The standard InChI is InChI=1S/C21H19N3O7S/c1-30-18-8-2-16(3-9-18)23-32(28,29)20-12-4-15(5-13-20)22-21(25)14-31-19-10-6-17(7-11-19)24(26)27/h2-13,23H,14H2,1H3,(H,22,25). The fraction of sp³-hybridized carbons (Fsp3) is 0.0952. The predicted molar refractivity (Wildman–Crippen MR) is 117 cm³/mol. The number of hydrogen-bond donors (Lipinski definition) is 2. The second kappa shape index (κ2) is 9.79. The van der Waals surface area contributed by atoms with Crippen LogP contribution in [0, 0.1) is 10.1 Å². The molecule has 32 heavy (non-hydrogen) atoms. The first-order valence-electron chi connectivity index (χ1n) is 9.21. The number of non-ortho nitro benzene ring substituents is 1. The SMILES string of the molecule is COc1ccc(NS(=O)(=O)c2ccc(NC(=O)COc3ccc([N+](=O)[O-])cc3)cc2)cc1. The Balaban J connectivity index is 1.55. The highest BCUT2D eigenvalue weighted by Crippen LogP contribution is 2.21. The Hall–Kier alpha value is -4.12. The van der Waals surface area contributed by atoms with Crippen LogP contribution in [0.15, 0.2) is 77.7 Å². The highest BCUT2D eigenvalue weighted by molar-refractivity contribution is 7.92. The summed E-state index contributed by atoms with van der Waals surface area (Å²) in [5.74, 6) is 0.428. The summed E-state index contributed by atoms with van der Waals surface area (Å²) in [7, 11) is -2.30. The fourth-order valence-electron chi connectivity index (χ4n) is 2.60. The van der Waals surface area contributed by atoms with E-state index in [1.54, 1.807) is 24.3 Å². The van der Waals surface area contributed by atoms with Crippen LogP contribution < -0.4 is 19.5 Å². The third-order valence-electron chi connectivity index (χ3n) is 4.21. The lowest BCUT2D eigenvalue weighted by Crippen LogP contribution is -2.20. The van der Waals surface area contributed by atoms with Crippen LogP contribution in [0.4, 0.5) is 17.1 Å². The van der Waals surface area contributed by atoms with Gasteiger partial charge in [0.2, 0.25) is 0 Å². The molecule has 11 heteroatoms. The first-order chi connectivity index (χ1) is 15.3. The molecule has 0 saturated carbocycles. The highest BCUT2D eigenvalue weighted by Gasteiger charge is 2.15. The minimum Gasteiger partial charge on any atom is -0.497 e. The lowest BCUT2D eigenvalue weighted by Gasteiger charge is -2.10. The lowest BCUT2D eigenvalue weighted by atomic mass is 10.3. The van der Waals surface area contributed by atoms with Crippen LogP contribution in [0.1, 0.15) is 0 Å². The number of methoxy groups -OCH3 is 1. The van der Waals surface area contributed by atoms with E-state index in [2.05, 4.69) is 10.0 Å². The van der Waals surface area contributed by atoms with Gasteiger partial charge in [0.1, 0.15) is 11.5 Å². The van der Waals surface area contributed by atoms with E-state index in [1.165, 1.54) is 55.6 Å². The number of amides is 1. The van der Waals surface area contributed by atoms with Gasteiger partial charge in [-0.2, -0.15) is 0 Å². The molecule has 0 spiro atoms. The van der Waals surface area contributed by atoms with Crippen LogP contribution in [-0.2, 0) is 14.8 Å². The van der Waals surface area contributed by atoms with E-state index in [1.807, 2.05) is 0 Å². The summed E-state index contributed by atoms with van der Waals surface area (Å²) in [5.41, 5.74) is 0.676. The molecule has 0 fully saturated rings. The van der Waals surface area contributed by atoms with Gasteiger partial charge in [0, 0.05) is 23.5 Å². The summed E-state index contributed by atoms with van der Waals surface area (Å²) in [5, 5.41) is 13.2. The highest BCUT2D eigenvalue weighted by atomic mass is 32.2. The van der Waals surface area contributed by atoms with E-state index in [4.69, 9.17) is 9.47 Å². The van der Waals surface area contributed by atoms with Crippen molar-refractivity contribution in [2.45, 2.75) is 4.90 Å². The van der Waals surface area contributed by atoms with Crippen LogP contribution >= 0.6 is 0 Å². The van der Waals surface area contributed by atoms with Crippen molar-refractivity contribution < 1.29 is 27.6 Å². The van der Waals surface area contributed by atoms with Gasteiger partial charge in [-0.15, -0.1) is 0 Å². The second-order valence-electron chi connectivity index (χ2n) is 6.45. The largest absolute Gasteiger partial charge is 0.497 e. The number of nitrogens with one attached hydrogen (secondary N) is 2. The Labute approximate surface area is 184 Å². The molecule has 166 valence electrons. The number of nitro groups is 1. The molecule has 0 aromatic heterocycles. The predicted octanol–water partition coefficient (Wildman–Crippen LogP) is 3.42. The first kappa shape index (κ1) is 22.6. The molecule has 3 aromatic carbocycles. The number of hydrogen-bond acceptors (Lipinski definition) is 7. The third-order valence-corrected chi connectivity index (χ3v) is 5.61. The average molecular weight is 457 g/mol. The Kier molecular flexibility index (Phi) is 6.90.